The molecule has 2 aromatic rings. The number of likely N-dealkylation sites (N-methyl/N-ethyl adjacent to an activating group) is 1. The third-order valence-electron chi connectivity index (χ3n) is 4.06. The van der Waals surface area contributed by atoms with Gasteiger partial charge in [-0.2, -0.15) is 5.10 Å². The maximum absolute atomic E-state index is 6.13. The van der Waals surface area contributed by atoms with Gasteiger partial charge in [-0.15, -0.1) is 0 Å². The van der Waals surface area contributed by atoms with Crippen molar-refractivity contribution in [3.05, 3.63) is 5.69 Å². The van der Waals surface area contributed by atoms with Crippen LogP contribution in [-0.2, 0) is 20.0 Å². The summed E-state index contributed by atoms with van der Waals surface area (Å²) in [6, 6.07) is 0. The minimum absolute atomic E-state index is 0.00304. The van der Waals surface area contributed by atoms with Crippen molar-refractivity contribution in [3.63, 3.8) is 0 Å². The van der Waals surface area contributed by atoms with E-state index < -0.39 is 0 Å². The quantitative estimate of drug-likeness (QED) is 0.903. The Morgan fingerprint density at radius 2 is 1.95 bits per heavy atom. The standard InChI is InChI=1S/C14H26N6/c1-7-8-10-11-12(19(6)17-10)20(13(15)16-11)9-14(2,3)18(4)5/h7-9H2,1-6H3,(H2,15,16). The number of fused-ring (bicyclic) bond motifs is 1. The van der Waals surface area contributed by atoms with E-state index in [2.05, 4.69) is 54.4 Å². The average molecular weight is 278 g/mol. The summed E-state index contributed by atoms with van der Waals surface area (Å²) in [5.41, 5.74) is 9.13. The zero-order chi connectivity index (χ0) is 15.1. The molecule has 0 radical (unpaired) electrons. The molecule has 0 saturated heterocycles. The molecule has 2 aromatic heterocycles. The molecule has 0 saturated carbocycles. The van der Waals surface area contributed by atoms with Crippen molar-refractivity contribution in [2.45, 2.75) is 45.7 Å². The molecule has 0 unspecified atom stereocenters. The molecule has 2 rings (SSSR count). The number of anilines is 1. The van der Waals surface area contributed by atoms with E-state index in [0.29, 0.717) is 5.95 Å². The maximum Gasteiger partial charge on any atom is 0.202 e. The zero-order valence-corrected chi connectivity index (χ0v) is 13.4. The molecule has 0 aromatic carbocycles. The van der Waals surface area contributed by atoms with Gasteiger partial charge in [-0.3, -0.25) is 9.25 Å². The van der Waals surface area contributed by atoms with Crippen molar-refractivity contribution in [3.8, 4) is 0 Å². The van der Waals surface area contributed by atoms with Gasteiger partial charge in [-0.05, 0) is 34.4 Å². The van der Waals surface area contributed by atoms with Crippen LogP contribution in [-0.4, -0.2) is 43.9 Å². The fraction of sp³-hybridized carbons (Fsp3) is 0.714. The lowest BCUT2D eigenvalue weighted by Crippen LogP contribution is -2.42. The van der Waals surface area contributed by atoms with Crippen LogP contribution < -0.4 is 5.73 Å². The maximum atomic E-state index is 6.13. The highest BCUT2D eigenvalue weighted by Crippen LogP contribution is 2.25. The first-order valence-electron chi connectivity index (χ1n) is 7.13. The largest absolute Gasteiger partial charge is 0.369 e. The lowest BCUT2D eigenvalue weighted by molar-refractivity contribution is 0.171. The fourth-order valence-electron chi connectivity index (χ4n) is 2.35. The number of imidazole rings is 1. The Hall–Kier alpha value is -1.56. The van der Waals surface area contributed by atoms with Gasteiger partial charge >= 0.3 is 0 Å². The molecule has 2 N–H and O–H groups in total. The summed E-state index contributed by atoms with van der Waals surface area (Å²) < 4.78 is 3.97. The molecule has 0 bridgehead atoms. The molecule has 0 spiro atoms. The second-order valence-electron chi connectivity index (χ2n) is 6.26. The van der Waals surface area contributed by atoms with E-state index in [1.807, 2.05) is 11.7 Å². The van der Waals surface area contributed by atoms with E-state index in [1.54, 1.807) is 0 Å². The van der Waals surface area contributed by atoms with Crippen molar-refractivity contribution in [1.29, 1.82) is 0 Å². The van der Waals surface area contributed by atoms with E-state index in [4.69, 9.17) is 5.73 Å². The highest BCUT2D eigenvalue weighted by Gasteiger charge is 2.25. The average Bonchev–Trinajstić information content (AvgIpc) is 2.80. The number of nitrogen functional groups attached to an aromatic ring is 1. The molecule has 20 heavy (non-hydrogen) atoms. The predicted molar refractivity (Wildman–Crippen MR) is 82.7 cm³/mol. The number of aromatic nitrogens is 4. The third-order valence-corrected chi connectivity index (χ3v) is 4.06. The summed E-state index contributed by atoms with van der Waals surface area (Å²) in [6.07, 6.45) is 1.99. The molecule has 0 fully saturated rings. The van der Waals surface area contributed by atoms with Crippen molar-refractivity contribution >= 4 is 17.1 Å². The minimum Gasteiger partial charge on any atom is -0.369 e. The summed E-state index contributed by atoms with van der Waals surface area (Å²) in [7, 11) is 6.12. The lowest BCUT2D eigenvalue weighted by Gasteiger charge is -2.33. The molecule has 0 atom stereocenters. The van der Waals surface area contributed by atoms with Crippen LogP contribution in [0.4, 0.5) is 5.95 Å². The third kappa shape index (κ3) is 2.40. The van der Waals surface area contributed by atoms with Crippen molar-refractivity contribution in [2.75, 3.05) is 19.8 Å². The van der Waals surface area contributed by atoms with E-state index in [-0.39, 0.29) is 5.54 Å². The van der Waals surface area contributed by atoms with Crippen LogP contribution in [0.3, 0.4) is 0 Å². The topological polar surface area (TPSA) is 64.9 Å². The van der Waals surface area contributed by atoms with Crippen molar-refractivity contribution in [1.82, 2.24) is 24.2 Å². The lowest BCUT2D eigenvalue weighted by atomic mass is 10.0. The monoisotopic (exact) mass is 278 g/mol. The van der Waals surface area contributed by atoms with E-state index in [1.165, 1.54) is 0 Å². The van der Waals surface area contributed by atoms with Gasteiger partial charge in [0.2, 0.25) is 5.95 Å². The molecule has 6 heteroatoms. The van der Waals surface area contributed by atoms with Gasteiger partial charge in [-0.1, -0.05) is 13.3 Å². The predicted octanol–water partition coefficient (Wildman–Crippen LogP) is 1.64. The highest BCUT2D eigenvalue weighted by atomic mass is 15.4. The van der Waals surface area contributed by atoms with Gasteiger partial charge in [-0.25, -0.2) is 4.98 Å². The number of aryl methyl sites for hydroxylation is 2. The number of hydrogen-bond acceptors (Lipinski definition) is 4. The Morgan fingerprint density at radius 1 is 1.30 bits per heavy atom. The number of rotatable bonds is 5. The van der Waals surface area contributed by atoms with Gasteiger partial charge in [0.1, 0.15) is 5.52 Å². The van der Waals surface area contributed by atoms with E-state index >= 15 is 0 Å². The summed E-state index contributed by atoms with van der Waals surface area (Å²) in [5.74, 6) is 0.570. The Morgan fingerprint density at radius 3 is 2.50 bits per heavy atom. The summed E-state index contributed by atoms with van der Waals surface area (Å²) in [6.45, 7) is 7.33. The van der Waals surface area contributed by atoms with E-state index in [0.717, 1.165) is 36.2 Å². The van der Waals surface area contributed by atoms with Crippen molar-refractivity contribution < 1.29 is 0 Å². The van der Waals surface area contributed by atoms with Gasteiger partial charge in [0, 0.05) is 19.1 Å². The summed E-state index contributed by atoms with van der Waals surface area (Å²) >= 11 is 0. The van der Waals surface area contributed by atoms with Crippen LogP contribution in [0.15, 0.2) is 0 Å². The first-order chi connectivity index (χ1) is 9.27. The fourth-order valence-corrected chi connectivity index (χ4v) is 2.35. The second-order valence-corrected chi connectivity index (χ2v) is 6.26. The first kappa shape index (κ1) is 14.8. The first-order valence-corrected chi connectivity index (χ1v) is 7.13. The van der Waals surface area contributed by atoms with Gasteiger partial charge in [0.25, 0.3) is 0 Å². The Bertz CT molecular complexity index is 605. The molecule has 0 aliphatic heterocycles. The number of nitrogens with zero attached hydrogens (tertiary/aromatic N) is 5. The van der Waals surface area contributed by atoms with Crippen LogP contribution in [0.5, 0.6) is 0 Å². The zero-order valence-electron chi connectivity index (χ0n) is 13.4. The van der Waals surface area contributed by atoms with Crippen LogP contribution in [0.25, 0.3) is 11.2 Å². The molecule has 2 heterocycles. The van der Waals surface area contributed by atoms with Crippen LogP contribution in [0.2, 0.25) is 0 Å². The Kier molecular flexibility index (Phi) is 3.77. The number of hydrogen-bond donors (Lipinski definition) is 1. The molecule has 0 aliphatic rings. The molecule has 112 valence electrons. The van der Waals surface area contributed by atoms with Crippen LogP contribution in [0.1, 0.15) is 32.9 Å². The molecule has 0 aliphatic carbocycles. The molecule has 0 amide bonds. The minimum atomic E-state index is -0.00304. The van der Waals surface area contributed by atoms with Gasteiger partial charge < -0.3 is 10.6 Å². The van der Waals surface area contributed by atoms with Gasteiger partial charge in [0.15, 0.2) is 5.65 Å². The summed E-state index contributed by atoms with van der Waals surface area (Å²) in [5, 5.41) is 4.58. The molecule has 6 nitrogen and oxygen atoms in total. The molecular formula is C14H26N6. The smallest absolute Gasteiger partial charge is 0.202 e. The Labute approximate surface area is 120 Å². The normalized spacial score (nSPS) is 12.8. The van der Waals surface area contributed by atoms with Crippen LogP contribution >= 0.6 is 0 Å². The highest BCUT2D eigenvalue weighted by molar-refractivity contribution is 5.77. The SMILES string of the molecule is CCCc1nn(C)c2c1nc(N)n2CC(C)(C)N(C)C. The van der Waals surface area contributed by atoms with Crippen LogP contribution in [0, 0.1) is 0 Å². The second kappa shape index (κ2) is 5.09. The molecular weight excluding hydrogens is 252 g/mol. The van der Waals surface area contributed by atoms with Crippen molar-refractivity contribution in [2.24, 2.45) is 7.05 Å². The summed E-state index contributed by atoms with van der Waals surface area (Å²) in [4.78, 5) is 6.73. The number of nitrogens with two attached hydrogens (primary N) is 1. The van der Waals surface area contributed by atoms with Gasteiger partial charge in [0.05, 0.1) is 5.69 Å². The van der Waals surface area contributed by atoms with E-state index in [9.17, 15) is 0 Å². The Balaban J connectivity index is 2.51.